The van der Waals surface area contributed by atoms with Crippen LogP contribution in [0.1, 0.15) is 49.3 Å². The standard InChI is InChI=1S/C23H36N6O2/c1-6-27(7-2)23(31)16-26-11-8-12-28(14-13-26)22(30)10-9-20-18(4)24-21-15-17(3)25-29(21)19(20)5/h15H,6-14,16H2,1-5H3. The zero-order valence-corrected chi connectivity index (χ0v) is 19.6. The smallest absolute Gasteiger partial charge is 0.236 e. The van der Waals surface area contributed by atoms with Gasteiger partial charge >= 0.3 is 0 Å². The molecule has 8 nitrogen and oxygen atoms in total. The number of likely N-dealkylation sites (N-methyl/N-ethyl adjacent to an activating group) is 1. The van der Waals surface area contributed by atoms with Gasteiger partial charge in [-0.3, -0.25) is 14.5 Å². The Bertz CT molecular complexity index is 934. The van der Waals surface area contributed by atoms with E-state index in [1.807, 2.05) is 55.0 Å². The number of fused-ring (bicyclic) bond motifs is 1. The van der Waals surface area contributed by atoms with Crippen molar-refractivity contribution in [1.82, 2.24) is 29.3 Å². The van der Waals surface area contributed by atoms with E-state index in [9.17, 15) is 9.59 Å². The molecule has 0 saturated carbocycles. The molecule has 1 saturated heterocycles. The van der Waals surface area contributed by atoms with Crippen LogP contribution in [-0.2, 0) is 16.0 Å². The van der Waals surface area contributed by atoms with Gasteiger partial charge < -0.3 is 9.80 Å². The summed E-state index contributed by atoms with van der Waals surface area (Å²) in [4.78, 5) is 36.0. The molecule has 8 heteroatoms. The number of amides is 2. The summed E-state index contributed by atoms with van der Waals surface area (Å²) in [5.74, 6) is 0.347. The molecule has 170 valence electrons. The molecule has 0 spiro atoms. The molecular weight excluding hydrogens is 392 g/mol. The lowest BCUT2D eigenvalue weighted by Gasteiger charge is -2.25. The normalized spacial score (nSPS) is 15.3. The monoisotopic (exact) mass is 428 g/mol. The zero-order chi connectivity index (χ0) is 22.5. The highest BCUT2D eigenvalue weighted by molar-refractivity contribution is 5.78. The fourth-order valence-electron chi connectivity index (χ4n) is 4.44. The minimum atomic E-state index is 0.174. The van der Waals surface area contributed by atoms with Crippen LogP contribution < -0.4 is 0 Å². The SMILES string of the molecule is CCN(CC)C(=O)CN1CCCN(C(=O)CCc2c(C)nc3cc(C)nn3c2C)CC1. The topological polar surface area (TPSA) is 74.1 Å². The van der Waals surface area contributed by atoms with Crippen LogP contribution in [0, 0.1) is 20.8 Å². The van der Waals surface area contributed by atoms with E-state index in [2.05, 4.69) is 15.0 Å². The van der Waals surface area contributed by atoms with E-state index in [1.165, 1.54) is 0 Å². The van der Waals surface area contributed by atoms with Crippen LogP contribution in [0.5, 0.6) is 0 Å². The molecule has 0 aliphatic carbocycles. The van der Waals surface area contributed by atoms with Gasteiger partial charge in [0.15, 0.2) is 5.65 Å². The molecule has 1 fully saturated rings. The van der Waals surface area contributed by atoms with Gasteiger partial charge in [0, 0.05) is 63.1 Å². The van der Waals surface area contributed by atoms with E-state index in [1.54, 1.807) is 0 Å². The molecule has 0 bridgehead atoms. The van der Waals surface area contributed by atoms with Crippen LogP contribution in [-0.4, -0.2) is 86.9 Å². The number of rotatable bonds is 7. The summed E-state index contributed by atoms with van der Waals surface area (Å²) in [6.45, 7) is 15.0. The second kappa shape index (κ2) is 10.2. The number of aromatic nitrogens is 3. The Labute approximate surface area is 185 Å². The second-order valence-electron chi connectivity index (χ2n) is 8.39. The first-order valence-corrected chi connectivity index (χ1v) is 11.4. The van der Waals surface area contributed by atoms with Crippen LogP contribution >= 0.6 is 0 Å². The predicted octanol–water partition coefficient (Wildman–Crippen LogP) is 1.99. The Kier molecular flexibility index (Phi) is 7.64. The summed E-state index contributed by atoms with van der Waals surface area (Å²) < 4.78 is 1.87. The lowest BCUT2D eigenvalue weighted by Crippen LogP contribution is -2.42. The van der Waals surface area contributed by atoms with Gasteiger partial charge in [0.2, 0.25) is 11.8 Å². The third kappa shape index (κ3) is 5.42. The first kappa shape index (κ1) is 23.2. The highest BCUT2D eigenvalue weighted by Gasteiger charge is 2.22. The third-order valence-corrected chi connectivity index (χ3v) is 6.29. The molecule has 2 amide bonds. The Morgan fingerprint density at radius 2 is 1.81 bits per heavy atom. The summed E-state index contributed by atoms with van der Waals surface area (Å²) >= 11 is 0. The average Bonchev–Trinajstić information content (AvgIpc) is 2.95. The quantitative estimate of drug-likeness (QED) is 0.674. The van der Waals surface area contributed by atoms with E-state index < -0.39 is 0 Å². The van der Waals surface area contributed by atoms with Crippen molar-refractivity contribution in [3.63, 3.8) is 0 Å². The van der Waals surface area contributed by atoms with Gasteiger partial charge in [-0.2, -0.15) is 5.10 Å². The first-order chi connectivity index (χ1) is 14.8. The van der Waals surface area contributed by atoms with Crippen molar-refractivity contribution in [2.45, 2.75) is 53.9 Å². The van der Waals surface area contributed by atoms with Gasteiger partial charge in [-0.05, 0) is 53.0 Å². The van der Waals surface area contributed by atoms with Crippen LogP contribution in [0.2, 0.25) is 0 Å². The molecule has 0 unspecified atom stereocenters. The Hall–Kier alpha value is -2.48. The van der Waals surface area contributed by atoms with Crippen LogP contribution in [0.3, 0.4) is 0 Å². The summed E-state index contributed by atoms with van der Waals surface area (Å²) in [7, 11) is 0. The lowest BCUT2D eigenvalue weighted by atomic mass is 10.1. The highest BCUT2D eigenvalue weighted by atomic mass is 16.2. The van der Waals surface area contributed by atoms with Crippen molar-refractivity contribution < 1.29 is 9.59 Å². The maximum absolute atomic E-state index is 12.9. The van der Waals surface area contributed by atoms with Gasteiger partial charge in [0.1, 0.15) is 0 Å². The van der Waals surface area contributed by atoms with Crippen molar-refractivity contribution in [2.75, 3.05) is 45.8 Å². The second-order valence-corrected chi connectivity index (χ2v) is 8.39. The first-order valence-electron chi connectivity index (χ1n) is 11.4. The van der Waals surface area contributed by atoms with E-state index in [-0.39, 0.29) is 11.8 Å². The molecule has 2 aromatic heterocycles. The van der Waals surface area contributed by atoms with E-state index in [0.29, 0.717) is 25.9 Å². The van der Waals surface area contributed by atoms with Crippen molar-refractivity contribution in [3.8, 4) is 0 Å². The number of hydrogen-bond acceptors (Lipinski definition) is 5. The molecule has 2 aromatic rings. The van der Waals surface area contributed by atoms with Gasteiger partial charge in [-0.25, -0.2) is 9.50 Å². The third-order valence-electron chi connectivity index (χ3n) is 6.29. The van der Waals surface area contributed by atoms with E-state index in [4.69, 9.17) is 0 Å². The Morgan fingerprint density at radius 1 is 1.06 bits per heavy atom. The minimum Gasteiger partial charge on any atom is -0.342 e. The number of nitrogens with zero attached hydrogens (tertiary/aromatic N) is 6. The van der Waals surface area contributed by atoms with Crippen LogP contribution in [0.4, 0.5) is 0 Å². The van der Waals surface area contributed by atoms with Crippen LogP contribution in [0.25, 0.3) is 5.65 Å². The van der Waals surface area contributed by atoms with Crippen molar-refractivity contribution in [2.24, 2.45) is 0 Å². The van der Waals surface area contributed by atoms with E-state index >= 15 is 0 Å². The molecule has 1 aliphatic rings. The Morgan fingerprint density at radius 3 is 2.52 bits per heavy atom. The maximum atomic E-state index is 12.9. The molecule has 31 heavy (non-hydrogen) atoms. The highest BCUT2D eigenvalue weighted by Crippen LogP contribution is 2.18. The number of hydrogen-bond donors (Lipinski definition) is 0. The molecule has 3 heterocycles. The van der Waals surface area contributed by atoms with Gasteiger partial charge in [-0.15, -0.1) is 0 Å². The zero-order valence-electron chi connectivity index (χ0n) is 19.6. The summed E-state index contributed by atoms with van der Waals surface area (Å²) in [6.07, 6.45) is 2.03. The number of aryl methyl sites for hydroxylation is 3. The largest absolute Gasteiger partial charge is 0.342 e. The molecule has 0 radical (unpaired) electrons. The fourth-order valence-corrected chi connectivity index (χ4v) is 4.44. The molecule has 1 aliphatic heterocycles. The molecular formula is C23H36N6O2. The lowest BCUT2D eigenvalue weighted by molar-refractivity contribution is -0.132. The van der Waals surface area contributed by atoms with Gasteiger partial charge in [0.05, 0.1) is 12.2 Å². The van der Waals surface area contributed by atoms with Crippen molar-refractivity contribution in [1.29, 1.82) is 0 Å². The summed E-state index contributed by atoms with van der Waals surface area (Å²) in [5.41, 5.74) is 4.92. The van der Waals surface area contributed by atoms with Crippen LogP contribution in [0.15, 0.2) is 6.07 Å². The summed E-state index contributed by atoms with van der Waals surface area (Å²) in [6, 6.07) is 1.98. The summed E-state index contributed by atoms with van der Waals surface area (Å²) in [5, 5.41) is 4.52. The maximum Gasteiger partial charge on any atom is 0.236 e. The van der Waals surface area contributed by atoms with Gasteiger partial charge in [0.25, 0.3) is 0 Å². The Balaban J connectivity index is 1.57. The minimum absolute atomic E-state index is 0.174. The average molecular weight is 429 g/mol. The fraction of sp³-hybridized carbons (Fsp3) is 0.652. The van der Waals surface area contributed by atoms with Crippen molar-refractivity contribution >= 4 is 17.5 Å². The van der Waals surface area contributed by atoms with Gasteiger partial charge in [-0.1, -0.05) is 0 Å². The predicted molar refractivity (Wildman–Crippen MR) is 121 cm³/mol. The number of carbonyl (C=O) groups excluding carboxylic acids is 2. The molecule has 0 N–H and O–H groups in total. The molecule has 0 atom stereocenters. The van der Waals surface area contributed by atoms with E-state index in [0.717, 1.165) is 67.4 Å². The molecule has 0 aromatic carbocycles. The number of carbonyl (C=O) groups is 2. The van der Waals surface area contributed by atoms with Crippen molar-refractivity contribution in [3.05, 3.63) is 28.7 Å². The molecule has 3 rings (SSSR count).